The van der Waals surface area contributed by atoms with Crippen LogP contribution in [-0.2, 0) is 28.7 Å². The number of rotatable bonds is 6. The number of aromatic nitrogens is 2. The largest absolute Gasteiger partial charge is 0.454 e. The van der Waals surface area contributed by atoms with Gasteiger partial charge >= 0.3 is 0 Å². The fourth-order valence-corrected chi connectivity index (χ4v) is 15.5. The minimum Gasteiger partial charge on any atom is -0.454 e. The van der Waals surface area contributed by atoms with Crippen LogP contribution in [-0.4, -0.2) is 11.3 Å². The molecular weight excluding hydrogens is 1060 g/mol. The van der Waals surface area contributed by atoms with Crippen LogP contribution in [0.1, 0.15) is 162 Å². The molecule has 2 aromatic heterocycles. The van der Waals surface area contributed by atoms with E-state index in [1.807, 2.05) is 11.8 Å². The van der Waals surface area contributed by atoms with Crippen molar-refractivity contribution >= 4 is 102 Å². The van der Waals surface area contributed by atoms with E-state index in [1.165, 1.54) is 105 Å². The Morgan fingerprint density at radius 2 is 1.06 bits per heavy atom. The third-order valence-electron chi connectivity index (χ3n) is 19.1. The van der Waals surface area contributed by atoms with E-state index in [2.05, 4.69) is 301 Å². The Bertz CT molecular complexity index is 4610. The predicted molar refractivity (Wildman–Crippen MR) is 368 cm³/mol. The van der Waals surface area contributed by atoms with Gasteiger partial charge in [0.2, 0.25) is 0 Å². The number of furan rings is 1. The van der Waals surface area contributed by atoms with Crippen molar-refractivity contribution in [1.29, 1.82) is 0 Å². The van der Waals surface area contributed by atoms with E-state index in [-0.39, 0.29) is 28.4 Å². The number of nitrogens with zero attached hydrogens (tertiary/aromatic N) is 4. The second-order valence-corrected chi connectivity index (χ2v) is 30.9. The Morgan fingerprint density at radius 3 is 1.71 bits per heavy atom. The molecule has 0 saturated carbocycles. The van der Waals surface area contributed by atoms with Crippen LogP contribution >= 0.6 is 11.8 Å². The van der Waals surface area contributed by atoms with Gasteiger partial charge in [-0.3, -0.25) is 0 Å². The predicted octanol–water partition coefficient (Wildman–Crippen LogP) is 20.0. The first-order valence-electron chi connectivity index (χ1n) is 31.3. The average molecular weight is 1150 g/mol. The molecule has 14 rings (SSSR count). The van der Waals surface area contributed by atoms with Crippen molar-refractivity contribution in [3.05, 3.63) is 197 Å². The van der Waals surface area contributed by atoms with Gasteiger partial charge in [-0.2, -0.15) is 4.57 Å². The Hall–Kier alpha value is -7.74. The molecule has 5 nitrogen and oxygen atoms in total. The zero-order valence-corrected chi connectivity index (χ0v) is 54.7. The van der Waals surface area contributed by atoms with E-state index in [9.17, 15) is 0 Å². The maximum absolute atomic E-state index is 7.74. The molecular formula is C79H82BN4OS+. The summed E-state index contributed by atoms with van der Waals surface area (Å²) < 4.78 is 12.7. The molecule has 0 fully saturated rings. The molecule has 86 heavy (non-hydrogen) atoms. The Balaban J connectivity index is 1.09. The fraction of sp³-hybridized carbons (Fsp3) is 0.304. The summed E-state index contributed by atoms with van der Waals surface area (Å²) in [7, 11) is 2.23. The summed E-state index contributed by atoms with van der Waals surface area (Å²) in [4.78, 5) is 7.84. The molecule has 0 aliphatic carbocycles. The molecule has 7 heteroatoms. The topological polar surface area (TPSA) is 28.4 Å². The Kier molecular flexibility index (Phi) is 12.6. The highest BCUT2D eigenvalue weighted by molar-refractivity contribution is 7.99. The number of anilines is 6. The number of hydrogen-bond donors (Lipinski definition) is 0. The van der Waals surface area contributed by atoms with Gasteiger partial charge in [0.1, 0.15) is 16.8 Å². The molecule has 0 amide bonds. The number of fused-ring (bicyclic) bond motifs is 10. The first-order valence-corrected chi connectivity index (χ1v) is 32.1. The molecule has 11 aromatic rings. The van der Waals surface area contributed by atoms with Crippen LogP contribution in [0.15, 0.2) is 172 Å². The van der Waals surface area contributed by atoms with Crippen molar-refractivity contribution in [2.75, 3.05) is 9.80 Å². The smallest absolute Gasteiger partial charge is 0.299 e. The average Bonchev–Trinajstić information content (AvgIpc) is 0.769. The minimum absolute atomic E-state index is 0.00393. The Labute approximate surface area is 515 Å². The van der Waals surface area contributed by atoms with Crippen LogP contribution in [0.5, 0.6) is 0 Å². The molecule has 0 atom stereocenters. The van der Waals surface area contributed by atoms with Crippen LogP contribution in [0.2, 0.25) is 0 Å². The Morgan fingerprint density at radius 1 is 0.488 bits per heavy atom. The lowest BCUT2D eigenvalue weighted by Crippen LogP contribution is -2.62. The lowest BCUT2D eigenvalue weighted by atomic mass is 9.33. The van der Waals surface area contributed by atoms with Crippen LogP contribution < -0.4 is 30.8 Å². The van der Waals surface area contributed by atoms with E-state index >= 15 is 0 Å². The van der Waals surface area contributed by atoms with Gasteiger partial charge in [0.15, 0.2) is 16.6 Å². The van der Waals surface area contributed by atoms with Gasteiger partial charge in [0.25, 0.3) is 12.5 Å². The molecule has 432 valence electrons. The normalized spacial score (nSPS) is 14.0. The van der Waals surface area contributed by atoms with Crippen molar-refractivity contribution in [3.63, 3.8) is 0 Å². The summed E-state index contributed by atoms with van der Waals surface area (Å²) in [6, 6.07) is 61.4. The summed E-state index contributed by atoms with van der Waals surface area (Å²) in [5, 5.41) is 2.21. The van der Waals surface area contributed by atoms with Gasteiger partial charge in [0, 0.05) is 60.0 Å². The SMILES string of the molecule is Cc1ccc2c(oc3c(-c4cc5c6c(c4)N4c7ccc(C(C)(C)C)cc7Sc7cc(C(C)(C)C)cc(c74)B6c4cc(C(C)(C)C)ccc4N5c4ccc(C(C)(C)C)cc4)cccc32)c1-c1n(-c2c(C(C)C)cccc2C(C)C)c2ccccc2[n+]1C. The van der Waals surface area contributed by atoms with Crippen LogP contribution in [0.25, 0.3) is 61.2 Å². The summed E-state index contributed by atoms with van der Waals surface area (Å²) in [5.74, 6) is 1.72. The van der Waals surface area contributed by atoms with Gasteiger partial charge in [0.05, 0.1) is 18.4 Å². The molecule has 0 saturated heterocycles. The van der Waals surface area contributed by atoms with Gasteiger partial charge in [-0.05, 0) is 151 Å². The van der Waals surface area contributed by atoms with Crippen molar-refractivity contribution in [2.24, 2.45) is 7.05 Å². The van der Waals surface area contributed by atoms with E-state index in [0.29, 0.717) is 11.8 Å². The highest BCUT2D eigenvalue weighted by Crippen LogP contribution is 2.56. The zero-order valence-electron chi connectivity index (χ0n) is 53.8. The third kappa shape index (κ3) is 8.59. The summed E-state index contributed by atoms with van der Waals surface area (Å²) in [6.07, 6.45) is 0. The summed E-state index contributed by atoms with van der Waals surface area (Å²) in [5.41, 5.74) is 29.0. The number of aryl methyl sites for hydroxylation is 2. The van der Waals surface area contributed by atoms with Gasteiger partial charge in [-0.1, -0.05) is 220 Å². The van der Waals surface area contributed by atoms with Crippen LogP contribution in [0.3, 0.4) is 0 Å². The molecule has 3 aliphatic rings. The van der Waals surface area contributed by atoms with Gasteiger partial charge in [-0.25, -0.2) is 4.57 Å². The molecule has 0 unspecified atom stereocenters. The quantitative estimate of drug-likeness (QED) is 0.123. The van der Waals surface area contributed by atoms with E-state index in [1.54, 1.807) is 0 Å². The minimum atomic E-state index is -0.0871. The fourth-order valence-electron chi connectivity index (χ4n) is 14.3. The zero-order chi connectivity index (χ0) is 60.6. The molecule has 0 N–H and O–H groups in total. The molecule has 5 heterocycles. The maximum atomic E-state index is 7.74. The lowest BCUT2D eigenvalue weighted by Gasteiger charge is -2.47. The van der Waals surface area contributed by atoms with Gasteiger partial charge < -0.3 is 14.2 Å². The first-order chi connectivity index (χ1) is 40.7. The second kappa shape index (κ2) is 19.4. The molecule has 0 radical (unpaired) electrons. The maximum Gasteiger partial charge on any atom is 0.299 e. The monoisotopic (exact) mass is 1150 g/mol. The molecule has 0 bridgehead atoms. The highest BCUT2D eigenvalue weighted by Gasteiger charge is 2.47. The highest BCUT2D eigenvalue weighted by atomic mass is 32.2. The van der Waals surface area contributed by atoms with Crippen molar-refractivity contribution in [1.82, 2.24) is 4.57 Å². The second-order valence-electron chi connectivity index (χ2n) is 29.8. The molecule has 0 spiro atoms. The van der Waals surface area contributed by atoms with Crippen LogP contribution in [0.4, 0.5) is 34.1 Å². The number of benzene rings is 9. The van der Waals surface area contributed by atoms with Crippen molar-refractivity contribution in [2.45, 2.75) is 161 Å². The van der Waals surface area contributed by atoms with Crippen molar-refractivity contribution < 1.29 is 8.98 Å². The third-order valence-corrected chi connectivity index (χ3v) is 20.2. The summed E-state index contributed by atoms with van der Waals surface area (Å²) >= 11 is 1.95. The van der Waals surface area contributed by atoms with E-state index < -0.39 is 0 Å². The lowest BCUT2D eigenvalue weighted by molar-refractivity contribution is -0.633. The molecule has 9 aromatic carbocycles. The van der Waals surface area contributed by atoms with Crippen LogP contribution in [0, 0.1) is 6.92 Å². The number of hydrogen-bond acceptors (Lipinski definition) is 4. The van der Waals surface area contributed by atoms with E-state index in [0.717, 1.165) is 55.7 Å². The summed E-state index contributed by atoms with van der Waals surface area (Å²) in [6.45, 7) is 39.6. The first kappa shape index (κ1) is 56.1. The molecule has 3 aliphatic heterocycles. The number of para-hydroxylation sites is 4. The standard InChI is InChI=1S/C79H82BN4OS/c1-45(2)54-23-21-24-55(46(3)4)71(54)84-63-28-20-19-27-62(63)81(18)75(84)69-47(5)29-36-58-57-26-22-25-56(73(57)85-74(58)69)48-39-65-70-66(40-48)83-64-38-33-51(78(12,13)14)43-67(64)86-68-44-52(79(15,16)17)42-60(72(68)83)80(70)59-41-50(77(9,10)11)32-37-61(59)82(65)53-34-30-49(31-35-53)76(6,7)8/h19-46H,1-18H3/q+1. The number of imidazole rings is 1. The van der Waals surface area contributed by atoms with Crippen molar-refractivity contribution in [3.8, 4) is 28.2 Å². The van der Waals surface area contributed by atoms with Gasteiger partial charge in [-0.15, -0.1) is 0 Å². The van der Waals surface area contributed by atoms with E-state index in [4.69, 9.17) is 4.42 Å².